The number of aromatic nitrogens is 1. The van der Waals surface area contributed by atoms with E-state index >= 15 is 0 Å². The molecule has 1 aliphatic rings. The summed E-state index contributed by atoms with van der Waals surface area (Å²) in [5.74, 6) is -0.139. The number of nitrogens with two attached hydrogens (primary N) is 1. The van der Waals surface area contributed by atoms with E-state index in [9.17, 15) is 4.79 Å². The van der Waals surface area contributed by atoms with Gasteiger partial charge in [-0.25, -0.2) is 4.98 Å². The maximum absolute atomic E-state index is 12.3. The van der Waals surface area contributed by atoms with Gasteiger partial charge >= 0.3 is 0 Å². The number of hydrogen-bond acceptors (Lipinski definition) is 5. The first-order valence-electron chi connectivity index (χ1n) is 6.19. The summed E-state index contributed by atoms with van der Waals surface area (Å²) in [6, 6.07) is 5.67. The molecule has 1 aromatic heterocycles. The van der Waals surface area contributed by atoms with E-state index in [2.05, 4.69) is 10.3 Å². The molecule has 3 N–H and O–H groups in total. The van der Waals surface area contributed by atoms with Crippen LogP contribution in [-0.2, 0) is 9.53 Å². The number of anilines is 1. The number of nitrogens with zero attached hydrogens (tertiary/aromatic N) is 1. The van der Waals surface area contributed by atoms with Crippen molar-refractivity contribution in [2.75, 3.05) is 18.5 Å². The van der Waals surface area contributed by atoms with Crippen molar-refractivity contribution in [2.24, 2.45) is 5.73 Å². The minimum absolute atomic E-state index is 0. The minimum Gasteiger partial charge on any atom is -0.381 e. The van der Waals surface area contributed by atoms with Crippen molar-refractivity contribution in [1.29, 1.82) is 0 Å². The van der Waals surface area contributed by atoms with E-state index in [1.54, 1.807) is 16.8 Å². The number of thiazole rings is 1. The summed E-state index contributed by atoms with van der Waals surface area (Å²) in [5.41, 5.74) is 8.82. The second-order valence-corrected chi connectivity index (χ2v) is 5.64. The van der Waals surface area contributed by atoms with Crippen LogP contribution in [0.25, 0.3) is 10.2 Å². The van der Waals surface area contributed by atoms with Gasteiger partial charge in [-0.3, -0.25) is 4.79 Å². The number of halogens is 1. The molecule has 2 heterocycles. The molecule has 3 rings (SSSR count). The molecular formula is C13H16ClN3O2S. The van der Waals surface area contributed by atoms with E-state index < -0.39 is 5.54 Å². The van der Waals surface area contributed by atoms with Crippen molar-refractivity contribution in [3.05, 3.63) is 23.7 Å². The van der Waals surface area contributed by atoms with Gasteiger partial charge in [0.25, 0.3) is 0 Å². The monoisotopic (exact) mass is 313 g/mol. The normalized spacial score (nSPS) is 17.4. The number of carbonyl (C=O) groups is 1. The van der Waals surface area contributed by atoms with Gasteiger partial charge < -0.3 is 15.8 Å². The summed E-state index contributed by atoms with van der Waals surface area (Å²) in [6.45, 7) is 1.08. The fourth-order valence-electron chi connectivity index (χ4n) is 2.15. The lowest BCUT2D eigenvalue weighted by atomic mass is 9.90. The van der Waals surface area contributed by atoms with Crippen LogP contribution in [0.1, 0.15) is 12.8 Å². The second-order valence-electron chi connectivity index (χ2n) is 4.76. The highest BCUT2D eigenvalue weighted by molar-refractivity contribution is 7.16. The first kappa shape index (κ1) is 15.2. The Balaban J connectivity index is 0.00000147. The zero-order valence-electron chi connectivity index (χ0n) is 10.8. The maximum atomic E-state index is 12.3. The molecule has 1 saturated heterocycles. The Morgan fingerprint density at radius 1 is 1.40 bits per heavy atom. The highest BCUT2D eigenvalue weighted by Crippen LogP contribution is 2.24. The van der Waals surface area contributed by atoms with Crippen LogP contribution in [0.5, 0.6) is 0 Å². The fourth-order valence-corrected chi connectivity index (χ4v) is 2.87. The highest BCUT2D eigenvalue weighted by Gasteiger charge is 2.35. The Labute approximate surface area is 126 Å². The Hall–Kier alpha value is -1.21. The summed E-state index contributed by atoms with van der Waals surface area (Å²) >= 11 is 1.55. The zero-order valence-corrected chi connectivity index (χ0v) is 12.4. The van der Waals surface area contributed by atoms with Crippen molar-refractivity contribution in [3.63, 3.8) is 0 Å². The average Bonchev–Trinajstić information content (AvgIpc) is 2.87. The van der Waals surface area contributed by atoms with E-state index in [-0.39, 0.29) is 18.3 Å². The Kier molecular flexibility index (Phi) is 4.59. The Bertz CT molecular complexity index is 610. The summed E-state index contributed by atoms with van der Waals surface area (Å²) < 4.78 is 6.30. The van der Waals surface area contributed by atoms with Crippen LogP contribution in [0.15, 0.2) is 23.7 Å². The van der Waals surface area contributed by atoms with Gasteiger partial charge in [-0.2, -0.15) is 0 Å². The summed E-state index contributed by atoms with van der Waals surface area (Å²) in [4.78, 5) is 16.5. The molecular weight excluding hydrogens is 298 g/mol. The third-order valence-corrected chi connectivity index (χ3v) is 4.22. The van der Waals surface area contributed by atoms with Gasteiger partial charge in [-0.05, 0) is 31.0 Å². The van der Waals surface area contributed by atoms with E-state index in [0.717, 1.165) is 15.9 Å². The quantitative estimate of drug-likeness (QED) is 0.890. The Morgan fingerprint density at radius 2 is 2.15 bits per heavy atom. The second kappa shape index (κ2) is 6.05. The molecule has 0 spiro atoms. The van der Waals surface area contributed by atoms with Crippen LogP contribution >= 0.6 is 23.7 Å². The molecule has 2 aromatic rings. The molecule has 1 aliphatic heterocycles. The number of rotatable bonds is 2. The molecule has 0 atom stereocenters. The third kappa shape index (κ3) is 2.93. The molecule has 108 valence electrons. The first-order valence-corrected chi connectivity index (χ1v) is 7.07. The molecule has 20 heavy (non-hydrogen) atoms. The lowest BCUT2D eigenvalue weighted by Crippen LogP contribution is -2.54. The van der Waals surface area contributed by atoms with Crippen LogP contribution in [0.4, 0.5) is 5.69 Å². The van der Waals surface area contributed by atoms with Crippen LogP contribution in [0.2, 0.25) is 0 Å². The van der Waals surface area contributed by atoms with E-state index in [1.807, 2.05) is 18.2 Å². The van der Waals surface area contributed by atoms with Crippen LogP contribution in [-0.4, -0.2) is 29.6 Å². The summed E-state index contributed by atoms with van der Waals surface area (Å²) in [5, 5.41) is 2.89. The van der Waals surface area contributed by atoms with Crippen LogP contribution < -0.4 is 11.1 Å². The number of hydrogen-bond donors (Lipinski definition) is 2. The number of ether oxygens (including phenoxy) is 1. The topological polar surface area (TPSA) is 77.2 Å². The zero-order chi connectivity index (χ0) is 13.3. The largest absolute Gasteiger partial charge is 0.381 e. The molecule has 0 radical (unpaired) electrons. The van der Waals surface area contributed by atoms with Gasteiger partial charge in [0.05, 0.1) is 15.7 Å². The van der Waals surface area contributed by atoms with Gasteiger partial charge in [0.2, 0.25) is 5.91 Å². The smallest absolute Gasteiger partial charge is 0.244 e. The average molecular weight is 314 g/mol. The summed E-state index contributed by atoms with van der Waals surface area (Å²) in [7, 11) is 0. The molecule has 5 nitrogen and oxygen atoms in total. The molecule has 1 amide bonds. The first-order chi connectivity index (χ1) is 9.17. The van der Waals surface area contributed by atoms with Crippen molar-refractivity contribution in [2.45, 2.75) is 18.4 Å². The van der Waals surface area contributed by atoms with Crippen molar-refractivity contribution in [1.82, 2.24) is 4.98 Å². The molecule has 1 fully saturated rings. The number of benzene rings is 1. The predicted molar refractivity (Wildman–Crippen MR) is 82.5 cm³/mol. The van der Waals surface area contributed by atoms with E-state index in [4.69, 9.17) is 10.5 Å². The van der Waals surface area contributed by atoms with Crippen LogP contribution in [0, 0.1) is 0 Å². The number of amides is 1. The maximum Gasteiger partial charge on any atom is 0.244 e. The highest BCUT2D eigenvalue weighted by atomic mass is 35.5. The van der Waals surface area contributed by atoms with E-state index in [1.165, 1.54) is 0 Å². The molecule has 7 heteroatoms. The standard InChI is InChI=1S/C13H15N3O2S.ClH/c14-13(3-5-18-6-4-13)12(17)16-9-1-2-10-11(7-9)19-8-15-10;/h1-2,7-8H,3-6,14H2,(H,16,17);1H. The van der Waals surface area contributed by atoms with Crippen molar-refractivity contribution in [3.8, 4) is 0 Å². The molecule has 0 saturated carbocycles. The van der Waals surface area contributed by atoms with E-state index in [0.29, 0.717) is 26.1 Å². The summed E-state index contributed by atoms with van der Waals surface area (Å²) in [6.07, 6.45) is 1.11. The number of nitrogens with one attached hydrogen (secondary N) is 1. The lowest BCUT2D eigenvalue weighted by molar-refractivity contribution is -0.124. The predicted octanol–water partition coefficient (Wildman–Crippen LogP) is 2.16. The van der Waals surface area contributed by atoms with Gasteiger partial charge in [0, 0.05) is 18.9 Å². The van der Waals surface area contributed by atoms with Gasteiger partial charge in [-0.15, -0.1) is 23.7 Å². The van der Waals surface area contributed by atoms with Gasteiger partial charge in [0.1, 0.15) is 5.54 Å². The Morgan fingerprint density at radius 3 is 2.90 bits per heavy atom. The van der Waals surface area contributed by atoms with Crippen LogP contribution in [0.3, 0.4) is 0 Å². The lowest BCUT2D eigenvalue weighted by Gasteiger charge is -2.31. The SMILES string of the molecule is Cl.NC1(C(=O)Nc2ccc3ncsc3c2)CCOCC1. The third-order valence-electron chi connectivity index (χ3n) is 3.43. The molecule has 1 aromatic carbocycles. The molecule has 0 bridgehead atoms. The molecule has 0 unspecified atom stereocenters. The minimum atomic E-state index is -0.819. The number of carbonyl (C=O) groups excluding carboxylic acids is 1. The number of fused-ring (bicyclic) bond motifs is 1. The van der Waals surface area contributed by atoms with Crippen molar-refractivity contribution < 1.29 is 9.53 Å². The molecule has 0 aliphatic carbocycles. The van der Waals surface area contributed by atoms with Crippen molar-refractivity contribution >= 4 is 45.6 Å². The fraction of sp³-hybridized carbons (Fsp3) is 0.385. The van der Waals surface area contributed by atoms with Gasteiger partial charge in [0.15, 0.2) is 0 Å². The van der Waals surface area contributed by atoms with Gasteiger partial charge in [-0.1, -0.05) is 0 Å².